The Morgan fingerprint density at radius 2 is 2.00 bits per heavy atom. The van der Waals surface area contributed by atoms with Crippen LogP contribution < -0.4 is 9.62 Å². The lowest BCUT2D eigenvalue weighted by Crippen LogP contribution is -2.33. The van der Waals surface area contributed by atoms with Gasteiger partial charge in [-0.2, -0.15) is 11.8 Å². The van der Waals surface area contributed by atoms with Crippen molar-refractivity contribution in [2.75, 3.05) is 29.4 Å². The monoisotopic (exact) mass is 424 g/mol. The Kier molecular flexibility index (Phi) is 8.44. The molecule has 2 aromatic rings. The number of aryl methyl sites for hydroxylation is 1. The second-order valence-electron chi connectivity index (χ2n) is 6.64. The molecule has 0 atom stereocenters. The summed E-state index contributed by atoms with van der Waals surface area (Å²) in [6.45, 7) is 4.73. The Bertz CT molecular complexity index is 864. The fourth-order valence-electron chi connectivity index (χ4n) is 2.77. The summed E-state index contributed by atoms with van der Waals surface area (Å²) >= 11 is 1.69. The van der Waals surface area contributed by atoms with Crippen LogP contribution in [0.2, 0.25) is 0 Å². The average molecular weight is 425 g/mol. The molecule has 0 bridgehead atoms. The van der Waals surface area contributed by atoms with Crippen LogP contribution in [0.3, 0.4) is 0 Å². The quantitative estimate of drug-likeness (QED) is 0.559. The first-order valence-corrected chi connectivity index (χ1v) is 12.2. The van der Waals surface area contributed by atoms with Crippen LogP contribution in [0.15, 0.2) is 41.0 Å². The fourth-order valence-corrected chi connectivity index (χ4v) is 4.54. The Balaban J connectivity index is 1.75. The van der Waals surface area contributed by atoms with Gasteiger partial charge in [-0.1, -0.05) is 12.1 Å². The number of rotatable bonds is 11. The number of furan rings is 1. The largest absolute Gasteiger partial charge is 0.468 e. The molecule has 154 valence electrons. The summed E-state index contributed by atoms with van der Waals surface area (Å²) in [7, 11) is -3.41. The molecule has 2 rings (SSSR count). The van der Waals surface area contributed by atoms with Crippen molar-refractivity contribution in [3.05, 3.63) is 53.5 Å². The number of thioether (sulfide) groups is 1. The number of carbonyl (C=O) groups is 1. The van der Waals surface area contributed by atoms with Crippen molar-refractivity contribution >= 4 is 33.4 Å². The first kappa shape index (κ1) is 22.4. The molecule has 0 radical (unpaired) electrons. The van der Waals surface area contributed by atoms with E-state index in [-0.39, 0.29) is 12.5 Å². The van der Waals surface area contributed by atoms with Gasteiger partial charge in [-0.15, -0.1) is 0 Å². The number of nitrogens with one attached hydrogen (secondary N) is 1. The zero-order valence-corrected chi connectivity index (χ0v) is 18.2. The fraction of sp³-hybridized carbons (Fsp3) is 0.450. The van der Waals surface area contributed by atoms with Gasteiger partial charge in [0.1, 0.15) is 5.76 Å². The smallest absolute Gasteiger partial charge is 0.232 e. The summed E-state index contributed by atoms with van der Waals surface area (Å²) in [6.07, 6.45) is 3.60. The highest BCUT2D eigenvalue weighted by molar-refractivity contribution is 7.98. The Hall–Kier alpha value is -1.93. The minimum absolute atomic E-state index is 0.0620. The third kappa shape index (κ3) is 6.91. The summed E-state index contributed by atoms with van der Waals surface area (Å²) in [5, 5.41) is 2.88. The van der Waals surface area contributed by atoms with Crippen molar-refractivity contribution < 1.29 is 17.6 Å². The predicted octanol–water partition coefficient (Wildman–Crippen LogP) is 3.49. The molecule has 0 unspecified atom stereocenters. The zero-order chi connectivity index (χ0) is 20.6. The third-order valence-corrected chi connectivity index (χ3v) is 6.56. The number of sulfonamides is 1. The summed E-state index contributed by atoms with van der Waals surface area (Å²) in [5.41, 5.74) is 2.65. The van der Waals surface area contributed by atoms with E-state index in [0.29, 0.717) is 25.1 Å². The number of nitrogens with zero attached hydrogens (tertiary/aromatic N) is 1. The van der Waals surface area contributed by atoms with Crippen LogP contribution in [0, 0.1) is 13.8 Å². The molecule has 0 fully saturated rings. The minimum atomic E-state index is -3.41. The molecule has 1 aromatic carbocycles. The maximum absolute atomic E-state index is 12.2. The topological polar surface area (TPSA) is 79.6 Å². The molecule has 1 amide bonds. The second kappa shape index (κ2) is 10.6. The van der Waals surface area contributed by atoms with Gasteiger partial charge in [-0.3, -0.25) is 9.10 Å². The maximum Gasteiger partial charge on any atom is 0.232 e. The number of anilines is 1. The van der Waals surface area contributed by atoms with Crippen LogP contribution in [0.4, 0.5) is 5.69 Å². The normalized spacial score (nSPS) is 11.4. The highest BCUT2D eigenvalue weighted by Gasteiger charge is 2.19. The number of carbonyl (C=O) groups excluding carboxylic acids is 1. The van der Waals surface area contributed by atoms with E-state index < -0.39 is 10.0 Å². The van der Waals surface area contributed by atoms with Crippen LogP contribution in [0.5, 0.6) is 0 Å². The highest BCUT2D eigenvalue weighted by Crippen LogP contribution is 2.25. The summed E-state index contributed by atoms with van der Waals surface area (Å²) < 4.78 is 31.1. The lowest BCUT2D eigenvalue weighted by Gasteiger charge is -2.24. The molecule has 28 heavy (non-hydrogen) atoms. The van der Waals surface area contributed by atoms with E-state index in [9.17, 15) is 13.2 Å². The minimum Gasteiger partial charge on any atom is -0.468 e. The van der Waals surface area contributed by atoms with Crippen molar-refractivity contribution in [2.24, 2.45) is 0 Å². The van der Waals surface area contributed by atoms with Crippen LogP contribution in [0.1, 0.15) is 29.7 Å². The lowest BCUT2D eigenvalue weighted by molar-refractivity contribution is -0.121. The second-order valence-corrected chi connectivity index (χ2v) is 9.65. The van der Waals surface area contributed by atoms with Crippen molar-refractivity contribution in [1.82, 2.24) is 5.32 Å². The van der Waals surface area contributed by atoms with E-state index in [1.54, 1.807) is 24.1 Å². The van der Waals surface area contributed by atoms with Crippen molar-refractivity contribution in [1.29, 1.82) is 0 Å². The van der Waals surface area contributed by atoms with Crippen LogP contribution in [-0.2, 0) is 20.6 Å². The molecule has 6 nitrogen and oxygen atoms in total. The molecule has 0 aliphatic heterocycles. The number of hydrogen-bond donors (Lipinski definition) is 1. The van der Waals surface area contributed by atoms with Crippen LogP contribution in [0.25, 0.3) is 0 Å². The average Bonchev–Trinajstić information content (AvgIpc) is 3.14. The van der Waals surface area contributed by atoms with Crippen LogP contribution >= 0.6 is 11.8 Å². The van der Waals surface area contributed by atoms with Gasteiger partial charge < -0.3 is 9.73 Å². The Morgan fingerprint density at radius 3 is 2.68 bits per heavy atom. The molecule has 8 heteroatoms. The number of benzene rings is 1. The molecule has 1 N–H and O–H groups in total. The van der Waals surface area contributed by atoms with Gasteiger partial charge in [0.2, 0.25) is 15.9 Å². The van der Waals surface area contributed by atoms with Crippen molar-refractivity contribution in [3.8, 4) is 0 Å². The molecule has 0 aliphatic carbocycles. The summed E-state index contributed by atoms with van der Waals surface area (Å²) in [4.78, 5) is 12.0. The molecule has 0 saturated carbocycles. The van der Waals surface area contributed by atoms with E-state index in [4.69, 9.17) is 4.42 Å². The number of hydrogen-bond acceptors (Lipinski definition) is 5. The molecular formula is C20H28N2O4S2. The van der Waals surface area contributed by atoms with E-state index >= 15 is 0 Å². The Morgan fingerprint density at radius 1 is 1.21 bits per heavy atom. The SMILES string of the molecule is Cc1cccc(N(CCCC(=O)NCCSCc2ccco2)S(C)(=O)=O)c1C. The molecular weight excluding hydrogens is 396 g/mol. The van der Waals surface area contributed by atoms with Gasteiger partial charge in [0, 0.05) is 25.3 Å². The van der Waals surface area contributed by atoms with E-state index in [2.05, 4.69) is 5.32 Å². The molecule has 0 saturated heterocycles. The standard InChI is InChI=1S/C20H28N2O4S2/c1-16-7-4-9-19(17(16)2)22(28(3,24)25)12-5-10-20(23)21-11-14-27-15-18-8-6-13-26-18/h4,6-9,13H,5,10-12,14-15H2,1-3H3,(H,21,23). The van der Waals surface area contributed by atoms with Crippen LogP contribution in [-0.4, -0.2) is 39.4 Å². The number of amides is 1. The van der Waals surface area contributed by atoms with Crippen molar-refractivity contribution in [3.63, 3.8) is 0 Å². The molecule has 1 aromatic heterocycles. The summed E-state index contributed by atoms with van der Waals surface area (Å²) in [5.74, 6) is 2.43. The van der Waals surface area contributed by atoms with Gasteiger partial charge in [-0.25, -0.2) is 8.42 Å². The summed E-state index contributed by atoms with van der Waals surface area (Å²) in [6, 6.07) is 9.39. The Labute approximate surface area is 171 Å². The zero-order valence-electron chi connectivity index (χ0n) is 16.6. The first-order chi connectivity index (χ1) is 13.3. The molecule has 0 aliphatic rings. The van der Waals surface area contributed by atoms with Gasteiger partial charge >= 0.3 is 0 Å². The predicted molar refractivity (Wildman–Crippen MR) is 115 cm³/mol. The highest BCUT2D eigenvalue weighted by atomic mass is 32.2. The molecule has 1 heterocycles. The van der Waals surface area contributed by atoms with E-state index in [1.807, 2.05) is 38.1 Å². The van der Waals surface area contributed by atoms with E-state index in [1.165, 1.54) is 10.6 Å². The van der Waals surface area contributed by atoms with E-state index in [0.717, 1.165) is 28.4 Å². The molecule has 0 spiro atoms. The van der Waals surface area contributed by atoms with Gasteiger partial charge in [0.15, 0.2) is 0 Å². The first-order valence-electron chi connectivity index (χ1n) is 9.20. The van der Waals surface area contributed by atoms with Gasteiger partial charge in [-0.05, 0) is 49.6 Å². The lowest BCUT2D eigenvalue weighted by atomic mass is 10.1. The van der Waals surface area contributed by atoms with Crippen molar-refractivity contribution in [2.45, 2.75) is 32.4 Å². The van der Waals surface area contributed by atoms with Gasteiger partial charge in [0.25, 0.3) is 0 Å². The third-order valence-electron chi connectivity index (χ3n) is 4.40. The maximum atomic E-state index is 12.2. The van der Waals surface area contributed by atoms with Gasteiger partial charge in [0.05, 0.1) is 24.0 Å².